The standard InChI is InChI=1S/3C6H5.C5H12N.Sn/c3*1-2-4-6-5-3-1;1-4-5-6(2)3;/h3*1-5H;1,4-5H2,2-3H3;. The summed E-state index contributed by atoms with van der Waals surface area (Å²) >= 11 is -2.99. The van der Waals surface area contributed by atoms with Crippen molar-refractivity contribution in [2.75, 3.05) is 20.6 Å². The van der Waals surface area contributed by atoms with Crippen molar-refractivity contribution in [3.05, 3.63) is 91.0 Å². The van der Waals surface area contributed by atoms with Crippen LogP contribution in [0.25, 0.3) is 0 Å². The molecule has 25 heavy (non-hydrogen) atoms. The van der Waals surface area contributed by atoms with Crippen molar-refractivity contribution in [2.45, 2.75) is 10.9 Å². The van der Waals surface area contributed by atoms with E-state index in [4.69, 9.17) is 0 Å². The molecule has 3 aromatic rings. The van der Waals surface area contributed by atoms with Crippen LogP contribution in [0.4, 0.5) is 0 Å². The Bertz CT molecular complexity index is 657. The van der Waals surface area contributed by atoms with Crippen molar-refractivity contribution in [3.63, 3.8) is 0 Å². The van der Waals surface area contributed by atoms with Gasteiger partial charge in [0.25, 0.3) is 0 Å². The van der Waals surface area contributed by atoms with Crippen molar-refractivity contribution in [1.82, 2.24) is 4.90 Å². The summed E-state index contributed by atoms with van der Waals surface area (Å²) in [4.78, 5) is 2.30. The Morgan fingerprint density at radius 1 is 0.600 bits per heavy atom. The first-order valence-electron chi connectivity index (χ1n) is 9.05. The van der Waals surface area contributed by atoms with Gasteiger partial charge in [-0.05, 0) is 0 Å². The Morgan fingerprint density at radius 2 is 0.960 bits per heavy atom. The molecule has 0 radical (unpaired) electrons. The average Bonchev–Trinajstić information content (AvgIpc) is 2.67. The first-order valence-corrected chi connectivity index (χ1v) is 15.3. The molecular weight excluding hydrogens is 409 g/mol. The molecule has 0 aliphatic carbocycles. The van der Waals surface area contributed by atoms with E-state index < -0.39 is 18.4 Å². The molecule has 2 heteroatoms. The number of hydrogen-bond acceptors (Lipinski definition) is 1. The molecule has 0 fully saturated rings. The predicted octanol–water partition coefficient (Wildman–Crippen LogP) is 3.11. The van der Waals surface area contributed by atoms with Crippen molar-refractivity contribution in [2.24, 2.45) is 0 Å². The van der Waals surface area contributed by atoms with Crippen molar-refractivity contribution in [1.29, 1.82) is 0 Å². The second-order valence-electron chi connectivity index (χ2n) is 6.91. The molecular formula is C23H27NSn. The van der Waals surface area contributed by atoms with Crippen LogP contribution in [0.3, 0.4) is 0 Å². The van der Waals surface area contributed by atoms with Crippen molar-refractivity contribution in [3.8, 4) is 0 Å². The van der Waals surface area contributed by atoms with Gasteiger partial charge in [0.05, 0.1) is 0 Å². The van der Waals surface area contributed by atoms with E-state index in [9.17, 15) is 0 Å². The van der Waals surface area contributed by atoms with Crippen LogP contribution in [0.1, 0.15) is 6.42 Å². The van der Waals surface area contributed by atoms with Gasteiger partial charge in [-0.1, -0.05) is 0 Å². The summed E-state index contributed by atoms with van der Waals surface area (Å²) in [5.41, 5.74) is 0. The van der Waals surface area contributed by atoms with E-state index in [2.05, 4.69) is 110 Å². The zero-order valence-corrected chi connectivity index (χ0v) is 18.1. The van der Waals surface area contributed by atoms with Gasteiger partial charge >= 0.3 is 157 Å². The molecule has 0 saturated heterocycles. The molecule has 0 unspecified atom stereocenters. The van der Waals surface area contributed by atoms with Gasteiger partial charge < -0.3 is 0 Å². The monoisotopic (exact) mass is 437 g/mol. The SMILES string of the molecule is CN(C)CC[CH2][Sn]([c]1ccccc1)([c]1ccccc1)[c]1ccccc1. The van der Waals surface area contributed by atoms with Gasteiger partial charge in [0.15, 0.2) is 0 Å². The summed E-state index contributed by atoms with van der Waals surface area (Å²) < 4.78 is 6.03. The summed E-state index contributed by atoms with van der Waals surface area (Å²) in [5, 5.41) is 0. The molecule has 3 rings (SSSR count). The second kappa shape index (κ2) is 8.68. The van der Waals surface area contributed by atoms with Crippen molar-refractivity contribution < 1.29 is 0 Å². The Kier molecular flexibility index (Phi) is 6.33. The third kappa shape index (κ3) is 4.16. The summed E-state index contributed by atoms with van der Waals surface area (Å²) in [5.74, 6) is 0. The summed E-state index contributed by atoms with van der Waals surface area (Å²) in [6, 6.07) is 33.8. The third-order valence-electron chi connectivity index (χ3n) is 4.96. The zero-order chi connectivity index (χ0) is 17.5. The van der Waals surface area contributed by atoms with E-state index in [-0.39, 0.29) is 0 Å². The number of nitrogens with zero attached hydrogens (tertiary/aromatic N) is 1. The van der Waals surface area contributed by atoms with Gasteiger partial charge in [0.1, 0.15) is 0 Å². The summed E-state index contributed by atoms with van der Waals surface area (Å²) in [6.07, 6.45) is 1.24. The third-order valence-corrected chi connectivity index (χ3v) is 19.4. The van der Waals surface area contributed by atoms with E-state index in [0.29, 0.717) is 0 Å². The van der Waals surface area contributed by atoms with Gasteiger partial charge in [-0.25, -0.2) is 0 Å². The van der Waals surface area contributed by atoms with Crippen LogP contribution in [0.2, 0.25) is 4.44 Å². The molecule has 0 N–H and O–H groups in total. The number of hydrogen-bond donors (Lipinski definition) is 0. The van der Waals surface area contributed by atoms with Crippen molar-refractivity contribution >= 4 is 29.1 Å². The molecule has 1 nitrogen and oxygen atoms in total. The Labute approximate surface area is 156 Å². The zero-order valence-electron chi connectivity index (χ0n) is 15.2. The number of rotatable bonds is 7. The molecule has 0 aliphatic rings. The fourth-order valence-electron chi connectivity index (χ4n) is 3.76. The predicted molar refractivity (Wildman–Crippen MR) is 112 cm³/mol. The van der Waals surface area contributed by atoms with Crippen LogP contribution in [0, 0.1) is 0 Å². The molecule has 0 aromatic heterocycles. The van der Waals surface area contributed by atoms with Gasteiger partial charge in [0, 0.05) is 0 Å². The Morgan fingerprint density at radius 3 is 1.28 bits per heavy atom. The minimum atomic E-state index is -2.99. The van der Waals surface area contributed by atoms with Gasteiger partial charge in [-0.15, -0.1) is 0 Å². The van der Waals surface area contributed by atoms with Crippen LogP contribution >= 0.6 is 0 Å². The topological polar surface area (TPSA) is 3.24 Å². The molecule has 0 saturated carbocycles. The molecule has 0 amide bonds. The second-order valence-corrected chi connectivity index (χ2v) is 18.4. The summed E-state index contributed by atoms with van der Waals surface area (Å²) in [7, 11) is 4.34. The van der Waals surface area contributed by atoms with E-state index in [1.54, 1.807) is 10.7 Å². The Hall–Kier alpha value is -1.58. The van der Waals surface area contributed by atoms with E-state index >= 15 is 0 Å². The maximum absolute atomic E-state index is 2.99. The molecule has 128 valence electrons. The van der Waals surface area contributed by atoms with E-state index in [1.165, 1.54) is 10.9 Å². The molecule has 0 atom stereocenters. The van der Waals surface area contributed by atoms with E-state index in [1.807, 2.05) is 0 Å². The fourth-order valence-corrected chi connectivity index (χ4v) is 17.6. The Balaban J connectivity index is 2.16. The summed E-state index contributed by atoms with van der Waals surface area (Å²) in [6.45, 7) is 1.14. The van der Waals surface area contributed by atoms with Crippen LogP contribution in [-0.4, -0.2) is 43.9 Å². The van der Waals surface area contributed by atoms with Crippen LogP contribution in [0.15, 0.2) is 91.0 Å². The minimum absolute atomic E-state index is 1.14. The van der Waals surface area contributed by atoms with Gasteiger partial charge in [-0.2, -0.15) is 0 Å². The first-order chi connectivity index (χ1) is 12.2. The first kappa shape index (κ1) is 18.2. The van der Waals surface area contributed by atoms with E-state index in [0.717, 1.165) is 6.54 Å². The quantitative estimate of drug-likeness (QED) is 0.515. The normalized spacial score (nSPS) is 11.6. The molecule has 0 spiro atoms. The molecule has 3 aromatic carbocycles. The fraction of sp³-hybridized carbons (Fsp3) is 0.217. The van der Waals surface area contributed by atoms with Gasteiger partial charge in [0.2, 0.25) is 0 Å². The maximum atomic E-state index is 2.37. The van der Waals surface area contributed by atoms with Crippen LogP contribution < -0.4 is 10.7 Å². The number of benzene rings is 3. The average molecular weight is 436 g/mol. The molecule has 0 bridgehead atoms. The van der Waals surface area contributed by atoms with Gasteiger partial charge in [-0.3, -0.25) is 0 Å². The van der Waals surface area contributed by atoms with Crippen LogP contribution in [-0.2, 0) is 0 Å². The molecule has 0 heterocycles. The van der Waals surface area contributed by atoms with Crippen LogP contribution in [0.5, 0.6) is 0 Å². The molecule has 0 aliphatic heterocycles.